The Kier molecular flexibility index (Phi) is 1.83. The van der Waals surface area contributed by atoms with E-state index in [1.54, 1.807) is 0 Å². The molecule has 1 radical (unpaired) electrons. The molecule has 0 unspecified atom stereocenters. The van der Waals surface area contributed by atoms with Gasteiger partial charge in [-0.1, -0.05) is 11.6 Å². The highest BCUT2D eigenvalue weighted by molar-refractivity contribution is 6.31. The van der Waals surface area contributed by atoms with E-state index in [0.717, 1.165) is 4.68 Å². The minimum Gasteiger partial charge on any atom is -0.264 e. The summed E-state index contributed by atoms with van der Waals surface area (Å²) in [5, 5.41) is 2.59. The molecule has 0 aromatic carbocycles. The first-order valence-corrected chi connectivity index (χ1v) is 2.98. The highest BCUT2D eigenvalue weighted by Gasteiger charge is 2.36. The summed E-state index contributed by atoms with van der Waals surface area (Å²) in [4.78, 5) is 0. The lowest BCUT2D eigenvalue weighted by molar-refractivity contribution is -0.141. The molecule has 0 bridgehead atoms. The number of hydrogen-bond donors (Lipinski definition) is 0. The summed E-state index contributed by atoms with van der Waals surface area (Å²) >= 11 is 5.17. The Morgan fingerprint density at radius 1 is 1.55 bits per heavy atom. The van der Waals surface area contributed by atoms with Crippen molar-refractivity contribution in [2.24, 2.45) is 7.05 Å². The van der Waals surface area contributed by atoms with Crippen molar-refractivity contribution in [3.05, 3.63) is 16.9 Å². The highest BCUT2D eigenvalue weighted by atomic mass is 35.5. The first-order chi connectivity index (χ1) is 4.91. The molecule has 2 nitrogen and oxygen atoms in total. The number of aromatic nitrogens is 2. The first kappa shape index (κ1) is 8.39. The van der Waals surface area contributed by atoms with Gasteiger partial charge in [0.25, 0.3) is 0 Å². The quantitative estimate of drug-likeness (QED) is 0.601. The maximum absolute atomic E-state index is 11.9. The largest absolute Gasteiger partial charge is 0.436 e. The van der Waals surface area contributed by atoms with Crippen LogP contribution in [0.1, 0.15) is 5.69 Å². The van der Waals surface area contributed by atoms with Crippen molar-refractivity contribution in [1.29, 1.82) is 0 Å². The molecule has 0 amide bonds. The minimum atomic E-state index is -4.49. The Morgan fingerprint density at radius 3 is 2.27 bits per heavy atom. The van der Waals surface area contributed by atoms with Crippen LogP contribution in [-0.2, 0) is 13.2 Å². The Morgan fingerprint density at radius 2 is 2.09 bits per heavy atom. The Labute approximate surface area is 65.6 Å². The van der Waals surface area contributed by atoms with E-state index >= 15 is 0 Å². The van der Waals surface area contributed by atoms with E-state index in [1.165, 1.54) is 7.05 Å². The van der Waals surface area contributed by atoms with Crippen molar-refractivity contribution < 1.29 is 13.2 Å². The van der Waals surface area contributed by atoms with E-state index in [4.69, 9.17) is 11.6 Å². The summed E-state index contributed by atoms with van der Waals surface area (Å²) in [5.74, 6) is 0. The van der Waals surface area contributed by atoms with Gasteiger partial charge in [0, 0.05) is 7.05 Å². The summed E-state index contributed by atoms with van der Waals surface area (Å²) in [7, 11) is 1.32. The van der Waals surface area contributed by atoms with E-state index in [-0.39, 0.29) is 0 Å². The highest BCUT2D eigenvalue weighted by Crippen LogP contribution is 2.32. The van der Waals surface area contributed by atoms with Crippen molar-refractivity contribution in [2.75, 3.05) is 0 Å². The molecule has 0 aliphatic rings. The van der Waals surface area contributed by atoms with E-state index in [1.807, 2.05) is 0 Å². The molecule has 1 rings (SSSR count). The molecule has 0 N–H and O–H groups in total. The van der Waals surface area contributed by atoms with Crippen LogP contribution in [0.2, 0.25) is 5.02 Å². The number of alkyl halides is 3. The van der Waals surface area contributed by atoms with Crippen molar-refractivity contribution in [2.45, 2.75) is 6.18 Å². The molecule has 1 aromatic heterocycles. The molecule has 0 fully saturated rings. The minimum absolute atomic E-state index is 0.500. The van der Waals surface area contributed by atoms with Crippen molar-refractivity contribution >= 4 is 11.6 Å². The summed E-state index contributed by atoms with van der Waals surface area (Å²) < 4.78 is 36.5. The van der Waals surface area contributed by atoms with E-state index < -0.39 is 16.9 Å². The van der Waals surface area contributed by atoms with E-state index in [9.17, 15) is 13.2 Å². The molecule has 0 saturated carbocycles. The molecule has 0 spiro atoms. The van der Waals surface area contributed by atoms with Gasteiger partial charge in [0.05, 0.1) is 0 Å². The Balaban J connectivity index is 3.13. The lowest BCUT2D eigenvalue weighted by Gasteiger charge is -2.00. The van der Waals surface area contributed by atoms with Crippen LogP contribution in [0.4, 0.5) is 13.2 Å². The van der Waals surface area contributed by atoms with Crippen LogP contribution in [0.3, 0.4) is 0 Å². The average molecular weight is 184 g/mol. The lowest BCUT2D eigenvalue weighted by Crippen LogP contribution is -2.07. The van der Waals surface area contributed by atoms with Crippen molar-refractivity contribution in [3.8, 4) is 0 Å². The van der Waals surface area contributed by atoms with Gasteiger partial charge in [0.15, 0.2) is 5.69 Å². The van der Waals surface area contributed by atoms with Crippen LogP contribution in [0, 0.1) is 6.20 Å². The number of hydrogen-bond acceptors (Lipinski definition) is 1. The summed E-state index contributed by atoms with van der Waals surface area (Å²) in [6.07, 6.45) is -2.33. The second-order valence-corrected chi connectivity index (χ2v) is 2.27. The summed E-state index contributed by atoms with van der Waals surface area (Å²) in [6, 6.07) is 0. The Bertz CT molecular complexity index is 265. The third kappa shape index (κ3) is 1.65. The predicted octanol–water partition coefficient (Wildman–Crippen LogP) is 1.89. The first-order valence-electron chi connectivity index (χ1n) is 2.60. The number of rotatable bonds is 0. The van der Waals surface area contributed by atoms with Crippen LogP contribution in [0.15, 0.2) is 0 Å². The molecular weight excluding hydrogens is 181 g/mol. The summed E-state index contributed by atoms with van der Waals surface area (Å²) in [6.45, 7) is 0. The van der Waals surface area contributed by atoms with Crippen LogP contribution < -0.4 is 0 Å². The van der Waals surface area contributed by atoms with Crippen LogP contribution in [-0.4, -0.2) is 9.78 Å². The second kappa shape index (κ2) is 2.41. The van der Waals surface area contributed by atoms with Crippen LogP contribution in [0.25, 0.3) is 0 Å². The number of halogens is 4. The van der Waals surface area contributed by atoms with Gasteiger partial charge < -0.3 is 0 Å². The third-order valence-electron chi connectivity index (χ3n) is 0.986. The maximum atomic E-state index is 11.9. The SMILES string of the molecule is Cn1[c]c(Cl)c(C(F)(F)F)n1. The molecule has 0 saturated heterocycles. The molecule has 11 heavy (non-hydrogen) atoms. The van der Waals surface area contributed by atoms with Gasteiger partial charge in [-0.3, -0.25) is 4.68 Å². The summed E-state index contributed by atoms with van der Waals surface area (Å²) in [5.41, 5.74) is -1.10. The third-order valence-corrected chi connectivity index (χ3v) is 1.25. The molecule has 6 heteroatoms. The fraction of sp³-hybridized carbons (Fsp3) is 0.400. The molecule has 1 heterocycles. The molecular formula is C5H3ClF3N2. The van der Waals surface area contributed by atoms with Crippen molar-refractivity contribution in [3.63, 3.8) is 0 Å². The molecule has 61 valence electrons. The lowest BCUT2D eigenvalue weighted by atomic mass is 10.4. The van der Waals surface area contributed by atoms with Crippen molar-refractivity contribution in [1.82, 2.24) is 9.78 Å². The predicted molar refractivity (Wildman–Crippen MR) is 32.1 cm³/mol. The Hall–Kier alpha value is -0.710. The average Bonchev–Trinajstić information content (AvgIpc) is 2.08. The molecule has 1 aromatic rings. The standard InChI is InChI=1S/C5H3ClF3N2/c1-11-2-3(6)4(10-11)5(7,8)9/h1H3. The molecule has 0 aliphatic carbocycles. The van der Waals surface area contributed by atoms with Gasteiger partial charge in [0.2, 0.25) is 0 Å². The second-order valence-electron chi connectivity index (χ2n) is 1.90. The van der Waals surface area contributed by atoms with Gasteiger partial charge in [0.1, 0.15) is 11.2 Å². The molecule has 0 atom stereocenters. The zero-order valence-corrected chi connectivity index (χ0v) is 6.16. The monoisotopic (exact) mass is 183 g/mol. The number of nitrogens with zero attached hydrogens (tertiary/aromatic N) is 2. The van der Waals surface area contributed by atoms with E-state index in [2.05, 4.69) is 11.3 Å². The van der Waals surface area contributed by atoms with Crippen LogP contribution in [0.5, 0.6) is 0 Å². The zero-order chi connectivity index (χ0) is 8.65. The maximum Gasteiger partial charge on any atom is 0.436 e. The van der Waals surface area contributed by atoms with E-state index in [0.29, 0.717) is 0 Å². The zero-order valence-electron chi connectivity index (χ0n) is 5.41. The number of aryl methyl sites for hydroxylation is 1. The normalized spacial score (nSPS) is 12.1. The smallest absolute Gasteiger partial charge is 0.264 e. The van der Waals surface area contributed by atoms with Gasteiger partial charge in [-0.2, -0.15) is 18.3 Å². The topological polar surface area (TPSA) is 17.8 Å². The van der Waals surface area contributed by atoms with Gasteiger partial charge in [-0.25, -0.2) is 0 Å². The molecule has 0 aliphatic heterocycles. The van der Waals surface area contributed by atoms with Gasteiger partial charge in [-0.05, 0) is 0 Å². The fourth-order valence-corrected chi connectivity index (χ4v) is 0.862. The van der Waals surface area contributed by atoms with Gasteiger partial charge in [-0.15, -0.1) is 0 Å². The van der Waals surface area contributed by atoms with Crippen LogP contribution >= 0.6 is 11.6 Å². The van der Waals surface area contributed by atoms with Gasteiger partial charge >= 0.3 is 6.18 Å². The fourth-order valence-electron chi connectivity index (χ4n) is 0.595.